The summed E-state index contributed by atoms with van der Waals surface area (Å²) in [5, 5.41) is 2.74. The lowest BCUT2D eigenvalue weighted by Gasteiger charge is -2.21. The van der Waals surface area contributed by atoms with E-state index in [1.807, 2.05) is 0 Å². The molecular weight excluding hydrogens is 406 g/mol. The second-order valence-corrected chi connectivity index (χ2v) is 8.14. The monoisotopic (exact) mass is 435 g/mol. The van der Waals surface area contributed by atoms with Gasteiger partial charge in [0.2, 0.25) is 10.0 Å². The molecule has 0 spiro atoms. The summed E-state index contributed by atoms with van der Waals surface area (Å²) in [6.45, 7) is 6.74. The molecule has 1 aliphatic rings. The molecule has 1 heterocycles. The van der Waals surface area contributed by atoms with E-state index in [2.05, 4.69) is 5.32 Å². The molecule has 1 aromatic carbocycles. The molecule has 3 N–H and O–H groups in total. The van der Waals surface area contributed by atoms with Crippen LogP contribution in [0.4, 0.5) is 5.69 Å². The summed E-state index contributed by atoms with van der Waals surface area (Å²) in [4.78, 5) is 12.5. The van der Waals surface area contributed by atoms with Crippen LogP contribution in [0.1, 0.15) is 33.6 Å². The molecule has 1 aliphatic heterocycles. The molecule has 0 unspecified atom stereocenters. The van der Waals surface area contributed by atoms with Crippen molar-refractivity contribution in [1.29, 1.82) is 0 Å². The van der Waals surface area contributed by atoms with Crippen molar-refractivity contribution in [1.82, 2.24) is 4.31 Å². The molecule has 1 aromatic rings. The number of ether oxygens (including phenoxy) is 2. The highest BCUT2D eigenvalue weighted by Crippen LogP contribution is 2.30. The van der Waals surface area contributed by atoms with Gasteiger partial charge in [-0.05, 0) is 38.0 Å². The lowest BCUT2D eigenvalue weighted by atomic mass is 10.2. The Morgan fingerprint density at radius 1 is 1.29 bits per heavy atom. The van der Waals surface area contributed by atoms with Crippen LogP contribution in [0.3, 0.4) is 0 Å². The van der Waals surface area contributed by atoms with Gasteiger partial charge in [-0.3, -0.25) is 4.79 Å². The van der Waals surface area contributed by atoms with Crippen molar-refractivity contribution < 1.29 is 22.7 Å². The first-order valence-electron chi connectivity index (χ1n) is 9.30. The lowest BCUT2D eigenvalue weighted by molar-refractivity contribution is -0.126. The van der Waals surface area contributed by atoms with Crippen molar-refractivity contribution in [2.24, 2.45) is 5.73 Å². The van der Waals surface area contributed by atoms with Gasteiger partial charge in [-0.15, -0.1) is 12.4 Å². The molecule has 1 saturated heterocycles. The Kier molecular flexibility index (Phi) is 9.65. The molecule has 2 atom stereocenters. The molecule has 8 nitrogen and oxygen atoms in total. The summed E-state index contributed by atoms with van der Waals surface area (Å²) in [6.07, 6.45) is 0.641. The molecular formula is C18H30ClN3O5S. The smallest absolute Gasteiger partial charge is 0.253 e. The van der Waals surface area contributed by atoms with Gasteiger partial charge in [-0.1, -0.05) is 13.8 Å². The highest BCUT2D eigenvalue weighted by atomic mass is 35.5. The van der Waals surface area contributed by atoms with Gasteiger partial charge < -0.3 is 20.5 Å². The number of amides is 1. The quantitative estimate of drug-likeness (QED) is 0.613. The zero-order valence-corrected chi connectivity index (χ0v) is 18.1. The largest absolute Gasteiger partial charge is 0.492 e. The predicted octanol–water partition coefficient (Wildman–Crippen LogP) is 1.98. The summed E-state index contributed by atoms with van der Waals surface area (Å²) in [5.41, 5.74) is 5.96. The number of nitrogens with zero attached hydrogens (tertiary/aromatic N) is 1. The molecule has 28 heavy (non-hydrogen) atoms. The van der Waals surface area contributed by atoms with Gasteiger partial charge in [0, 0.05) is 25.3 Å². The molecule has 0 saturated carbocycles. The van der Waals surface area contributed by atoms with E-state index in [0.29, 0.717) is 38.3 Å². The number of nitrogens with two attached hydrogens (primary N) is 1. The molecule has 1 fully saturated rings. The van der Waals surface area contributed by atoms with Crippen LogP contribution in [-0.2, 0) is 19.6 Å². The highest BCUT2D eigenvalue weighted by molar-refractivity contribution is 7.89. The minimum atomic E-state index is -3.73. The Balaban J connectivity index is 0.00000392. The van der Waals surface area contributed by atoms with Crippen molar-refractivity contribution in [2.75, 3.05) is 31.6 Å². The van der Waals surface area contributed by atoms with E-state index in [1.54, 1.807) is 32.9 Å². The van der Waals surface area contributed by atoms with Crippen LogP contribution in [0.15, 0.2) is 23.1 Å². The van der Waals surface area contributed by atoms with Crippen LogP contribution in [0.5, 0.6) is 5.75 Å². The molecule has 2 rings (SSSR count). The second kappa shape index (κ2) is 11.0. The molecule has 0 radical (unpaired) electrons. The SMILES string of the molecule is CCOc1ccc(NC(=O)[C@@H]2CC[C@H](CN)O2)cc1S(=O)(=O)N(CC)CC.Cl. The van der Waals surface area contributed by atoms with Crippen LogP contribution < -0.4 is 15.8 Å². The Labute approximate surface area is 173 Å². The summed E-state index contributed by atoms with van der Waals surface area (Å²) in [5.74, 6) is -0.0380. The predicted molar refractivity (Wildman–Crippen MR) is 111 cm³/mol. The first-order valence-corrected chi connectivity index (χ1v) is 10.7. The number of sulfonamides is 1. The van der Waals surface area contributed by atoms with E-state index in [9.17, 15) is 13.2 Å². The van der Waals surface area contributed by atoms with Crippen molar-refractivity contribution >= 4 is 34.0 Å². The third-order valence-electron chi connectivity index (χ3n) is 4.50. The maximum Gasteiger partial charge on any atom is 0.253 e. The van der Waals surface area contributed by atoms with E-state index >= 15 is 0 Å². The van der Waals surface area contributed by atoms with E-state index in [0.717, 1.165) is 6.42 Å². The zero-order chi connectivity index (χ0) is 20.0. The Hall–Kier alpha value is -1.39. The summed E-state index contributed by atoms with van der Waals surface area (Å²) in [7, 11) is -3.73. The Bertz CT molecular complexity index is 756. The standard InChI is InChI=1S/C18H29N3O5S.ClH/c1-4-21(5-2)27(23,24)17-11-13(7-9-15(17)25-6-3)20-18(22)16-10-8-14(12-19)26-16;/h7,9,11,14,16H,4-6,8,10,12,19H2,1-3H3,(H,20,22);1H/t14-,16+;/m1./s1. The Morgan fingerprint density at radius 3 is 2.50 bits per heavy atom. The number of carbonyl (C=O) groups is 1. The van der Waals surface area contributed by atoms with Gasteiger partial charge in [-0.2, -0.15) is 4.31 Å². The van der Waals surface area contributed by atoms with Crippen LogP contribution in [0, 0.1) is 0 Å². The zero-order valence-electron chi connectivity index (χ0n) is 16.5. The number of benzene rings is 1. The number of rotatable bonds is 9. The number of hydrogen-bond acceptors (Lipinski definition) is 6. The Morgan fingerprint density at radius 2 is 1.96 bits per heavy atom. The first kappa shape index (κ1) is 24.6. The molecule has 0 aromatic heterocycles. The number of carbonyl (C=O) groups excluding carboxylic acids is 1. The van der Waals surface area contributed by atoms with Crippen molar-refractivity contribution in [3.63, 3.8) is 0 Å². The fourth-order valence-electron chi connectivity index (χ4n) is 3.06. The fraction of sp³-hybridized carbons (Fsp3) is 0.611. The molecule has 10 heteroatoms. The van der Waals surface area contributed by atoms with Crippen molar-refractivity contribution in [2.45, 2.75) is 50.7 Å². The van der Waals surface area contributed by atoms with Crippen LogP contribution in [0.2, 0.25) is 0 Å². The van der Waals surface area contributed by atoms with E-state index < -0.39 is 16.1 Å². The maximum absolute atomic E-state index is 13.0. The minimum absolute atomic E-state index is 0. The number of nitrogens with one attached hydrogen (secondary N) is 1. The molecule has 160 valence electrons. The topological polar surface area (TPSA) is 111 Å². The van der Waals surface area contributed by atoms with Gasteiger partial charge in [0.05, 0.1) is 12.7 Å². The summed E-state index contributed by atoms with van der Waals surface area (Å²) >= 11 is 0. The number of halogens is 1. The third-order valence-corrected chi connectivity index (χ3v) is 6.57. The molecule has 0 bridgehead atoms. The summed E-state index contributed by atoms with van der Waals surface area (Å²) < 4.78 is 38.4. The first-order chi connectivity index (χ1) is 12.9. The van der Waals surface area contributed by atoms with Crippen molar-refractivity contribution in [3.8, 4) is 5.75 Å². The van der Waals surface area contributed by atoms with E-state index in [4.69, 9.17) is 15.2 Å². The third kappa shape index (κ3) is 5.57. The van der Waals surface area contributed by atoms with Crippen molar-refractivity contribution in [3.05, 3.63) is 18.2 Å². The minimum Gasteiger partial charge on any atom is -0.492 e. The normalized spacial score (nSPS) is 19.3. The van der Waals surface area contributed by atoms with E-state index in [-0.39, 0.29) is 35.1 Å². The van der Waals surface area contributed by atoms with Gasteiger partial charge >= 0.3 is 0 Å². The maximum atomic E-state index is 13.0. The second-order valence-electron chi connectivity index (χ2n) is 6.23. The molecule has 0 aliphatic carbocycles. The average Bonchev–Trinajstić information content (AvgIpc) is 3.13. The summed E-state index contributed by atoms with van der Waals surface area (Å²) in [6, 6.07) is 4.62. The van der Waals surface area contributed by atoms with E-state index in [1.165, 1.54) is 10.4 Å². The van der Waals surface area contributed by atoms with Gasteiger partial charge in [-0.25, -0.2) is 8.42 Å². The van der Waals surface area contributed by atoms with Crippen LogP contribution in [-0.4, -0.2) is 57.1 Å². The van der Waals surface area contributed by atoms with Gasteiger partial charge in [0.25, 0.3) is 5.91 Å². The number of anilines is 1. The average molecular weight is 436 g/mol. The van der Waals surface area contributed by atoms with Crippen LogP contribution >= 0.6 is 12.4 Å². The molecule has 1 amide bonds. The fourth-order valence-corrected chi connectivity index (χ4v) is 4.67. The van der Waals surface area contributed by atoms with Gasteiger partial charge in [0.1, 0.15) is 16.7 Å². The van der Waals surface area contributed by atoms with Crippen LogP contribution in [0.25, 0.3) is 0 Å². The lowest BCUT2D eigenvalue weighted by Crippen LogP contribution is -2.31. The van der Waals surface area contributed by atoms with Gasteiger partial charge in [0.15, 0.2) is 0 Å². The highest BCUT2D eigenvalue weighted by Gasteiger charge is 2.31. The number of hydrogen-bond donors (Lipinski definition) is 2.